The average Bonchev–Trinajstić information content (AvgIpc) is 2.66. The molecule has 0 radical (unpaired) electrons. The van der Waals surface area contributed by atoms with Gasteiger partial charge in [-0.3, -0.25) is 9.78 Å². The molecule has 0 amide bonds. The summed E-state index contributed by atoms with van der Waals surface area (Å²) in [4.78, 5) is 16.4. The molecule has 0 bridgehead atoms. The first-order chi connectivity index (χ1) is 12.2. The number of ketones is 1. The van der Waals surface area contributed by atoms with Gasteiger partial charge in [0.1, 0.15) is 0 Å². The monoisotopic (exact) mass is 341 g/mol. The van der Waals surface area contributed by atoms with Crippen LogP contribution in [0, 0.1) is 0 Å². The maximum atomic E-state index is 12.3. The molecule has 1 aromatic carbocycles. The van der Waals surface area contributed by atoms with Gasteiger partial charge in [0, 0.05) is 43.2 Å². The molecule has 0 aliphatic carbocycles. The molecule has 0 unspecified atom stereocenters. The van der Waals surface area contributed by atoms with Gasteiger partial charge in [0.25, 0.3) is 0 Å². The first kappa shape index (κ1) is 19.3. The van der Waals surface area contributed by atoms with Gasteiger partial charge in [0.05, 0.1) is 0 Å². The number of unbranched alkanes of at least 4 members (excludes halogenated alkanes) is 1. The summed E-state index contributed by atoms with van der Waals surface area (Å²) < 4.78 is 11.2. The Balaban J connectivity index is 1.81. The average molecular weight is 341 g/mol. The Morgan fingerprint density at radius 1 is 1.04 bits per heavy atom. The fourth-order valence-corrected chi connectivity index (χ4v) is 2.67. The van der Waals surface area contributed by atoms with E-state index < -0.39 is 0 Å². The van der Waals surface area contributed by atoms with Crippen LogP contribution in [0.4, 0.5) is 0 Å². The third-order valence-electron chi connectivity index (χ3n) is 3.98. The van der Waals surface area contributed by atoms with Gasteiger partial charge >= 0.3 is 0 Å². The van der Waals surface area contributed by atoms with E-state index in [-0.39, 0.29) is 12.1 Å². The zero-order valence-corrected chi connectivity index (χ0v) is 15.1. The van der Waals surface area contributed by atoms with Crippen LogP contribution in [0.3, 0.4) is 0 Å². The van der Waals surface area contributed by atoms with Crippen molar-refractivity contribution in [2.45, 2.75) is 45.8 Å². The Morgan fingerprint density at radius 2 is 1.76 bits per heavy atom. The molecule has 0 atom stereocenters. The molecule has 4 heteroatoms. The topological polar surface area (TPSA) is 48.4 Å². The molecule has 25 heavy (non-hydrogen) atoms. The summed E-state index contributed by atoms with van der Waals surface area (Å²) in [6.45, 7) is 5.05. The third kappa shape index (κ3) is 6.40. The number of ether oxygens (including phenoxy) is 2. The molecular formula is C21H27NO3. The summed E-state index contributed by atoms with van der Waals surface area (Å²) in [6.07, 6.45) is 6.71. The minimum absolute atomic E-state index is 0.183. The van der Waals surface area contributed by atoms with Crippen LogP contribution in [0.25, 0.3) is 0 Å². The van der Waals surface area contributed by atoms with E-state index in [0.29, 0.717) is 19.6 Å². The molecule has 134 valence electrons. The first-order valence-corrected chi connectivity index (χ1v) is 8.99. The number of Topliss-reactive ketones (excluding diaryl/α,β-unsaturated/α-hetero) is 1. The number of hydrogen-bond acceptors (Lipinski definition) is 4. The molecule has 2 rings (SSSR count). The second-order valence-corrected chi connectivity index (χ2v) is 5.86. The van der Waals surface area contributed by atoms with Crippen LogP contribution in [0.5, 0.6) is 0 Å². The van der Waals surface area contributed by atoms with Gasteiger partial charge < -0.3 is 9.47 Å². The highest BCUT2D eigenvalue weighted by Crippen LogP contribution is 2.20. The molecule has 0 saturated carbocycles. The molecule has 0 saturated heterocycles. The summed E-state index contributed by atoms with van der Waals surface area (Å²) in [7, 11) is 0. The molecule has 0 spiro atoms. The molecule has 4 nitrogen and oxygen atoms in total. The molecule has 1 heterocycles. The van der Waals surface area contributed by atoms with Crippen molar-refractivity contribution < 1.29 is 14.3 Å². The first-order valence-electron chi connectivity index (χ1n) is 8.99. The van der Waals surface area contributed by atoms with Crippen LogP contribution in [0.1, 0.15) is 60.9 Å². The van der Waals surface area contributed by atoms with Crippen molar-refractivity contribution in [3.8, 4) is 0 Å². The van der Waals surface area contributed by atoms with E-state index in [1.54, 1.807) is 6.20 Å². The van der Waals surface area contributed by atoms with Crippen molar-refractivity contribution in [2.24, 2.45) is 0 Å². The number of aromatic nitrogens is 1. The minimum Gasteiger partial charge on any atom is -0.349 e. The number of pyridine rings is 1. The molecule has 0 aliphatic rings. The van der Waals surface area contributed by atoms with E-state index >= 15 is 0 Å². The highest BCUT2D eigenvalue weighted by Gasteiger charge is 2.12. The third-order valence-corrected chi connectivity index (χ3v) is 3.98. The number of hydrogen-bond donors (Lipinski definition) is 0. The van der Waals surface area contributed by atoms with Gasteiger partial charge in [-0.05, 0) is 44.7 Å². The maximum Gasteiger partial charge on any atom is 0.183 e. The molecule has 2 aromatic rings. The van der Waals surface area contributed by atoms with Crippen LogP contribution in [0.15, 0.2) is 48.8 Å². The van der Waals surface area contributed by atoms with Crippen LogP contribution in [0.2, 0.25) is 0 Å². The number of carbonyl (C=O) groups is 1. The fraction of sp³-hybridized carbons (Fsp3) is 0.429. The molecular weight excluding hydrogens is 314 g/mol. The second kappa shape index (κ2) is 10.7. The van der Waals surface area contributed by atoms with Crippen LogP contribution >= 0.6 is 0 Å². The molecule has 0 fully saturated rings. The molecule has 1 aromatic heterocycles. The lowest BCUT2D eigenvalue weighted by atomic mass is 10.0. The van der Waals surface area contributed by atoms with E-state index in [1.165, 1.54) is 5.56 Å². The molecule has 0 aliphatic heterocycles. The van der Waals surface area contributed by atoms with Gasteiger partial charge in [-0.2, -0.15) is 0 Å². The summed E-state index contributed by atoms with van der Waals surface area (Å²) in [6, 6.07) is 11.6. The number of carbonyl (C=O) groups excluding carboxylic acids is 1. The quantitative estimate of drug-likeness (QED) is 0.336. The smallest absolute Gasteiger partial charge is 0.183 e. The Hall–Kier alpha value is -2.04. The SMILES string of the molecule is CCOC(OCC)c1ccc(C(=O)CCCCc2cccnc2)cc1. The Morgan fingerprint density at radius 3 is 2.36 bits per heavy atom. The summed E-state index contributed by atoms with van der Waals surface area (Å²) in [5.74, 6) is 0.183. The van der Waals surface area contributed by atoms with E-state index in [0.717, 1.165) is 30.4 Å². The predicted molar refractivity (Wildman–Crippen MR) is 98.6 cm³/mol. The largest absolute Gasteiger partial charge is 0.349 e. The van der Waals surface area contributed by atoms with E-state index in [1.807, 2.05) is 50.4 Å². The number of nitrogens with zero attached hydrogens (tertiary/aromatic N) is 1. The van der Waals surface area contributed by atoms with Crippen molar-refractivity contribution in [1.29, 1.82) is 0 Å². The Kier molecular flexibility index (Phi) is 8.29. The Bertz CT molecular complexity index is 619. The van der Waals surface area contributed by atoms with Gasteiger partial charge in [-0.1, -0.05) is 30.3 Å². The van der Waals surface area contributed by atoms with E-state index in [9.17, 15) is 4.79 Å². The lowest BCUT2D eigenvalue weighted by Crippen LogP contribution is -2.09. The molecule has 0 N–H and O–H groups in total. The normalized spacial score (nSPS) is 11.0. The van der Waals surface area contributed by atoms with Crippen molar-refractivity contribution in [3.63, 3.8) is 0 Å². The van der Waals surface area contributed by atoms with Crippen LogP contribution < -0.4 is 0 Å². The summed E-state index contributed by atoms with van der Waals surface area (Å²) in [5, 5.41) is 0. The summed E-state index contributed by atoms with van der Waals surface area (Å²) in [5.41, 5.74) is 2.91. The van der Waals surface area contributed by atoms with Gasteiger partial charge in [0.2, 0.25) is 0 Å². The van der Waals surface area contributed by atoms with E-state index in [2.05, 4.69) is 11.1 Å². The zero-order valence-electron chi connectivity index (χ0n) is 15.1. The van der Waals surface area contributed by atoms with Crippen LogP contribution in [-0.2, 0) is 15.9 Å². The van der Waals surface area contributed by atoms with Crippen LogP contribution in [-0.4, -0.2) is 24.0 Å². The summed E-state index contributed by atoms with van der Waals surface area (Å²) >= 11 is 0. The fourth-order valence-electron chi connectivity index (χ4n) is 2.67. The van der Waals surface area contributed by atoms with Crippen molar-refractivity contribution in [3.05, 3.63) is 65.5 Å². The Labute approximate surface area is 150 Å². The van der Waals surface area contributed by atoms with Crippen molar-refractivity contribution in [2.75, 3.05) is 13.2 Å². The number of benzene rings is 1. The number of rotatable bonds is 11. The van der Waals surface area contributed by atoms with Gasteiger partial charge in [0.15, 0.2) is 12.1 Å². The van der Waals surface area contributed by atoms with Crippen molar-refractivity contribution >= 4 is 5.78 Å². The predicted octanol–water partition coefficient (Wildman–Crippen LogP) is 4.75. The lowest BCUT2D eigenvalue weighted by Gasteiger charge is -2.17. The van der Waals surface area contributed by atoms with E-state index in [4.69, 9.17) is 9.47 Å². The highest BCUT2D eigenvalue weighted by atomic mass is 16.7. The minimum atomic E-state index is -0.362. The number of aryl methyl sites for hydroxylation is 1. The highest BCUT2D eigenvalue weighted by molar-refractivity contribution is 5.96. The maximum absolute atomic E-state index is 12.3. The second-order valence-electron chi connectivity index (χ2n) is 5.86. The standard InChI is InChI=1S/C21H27NO3/c1-3-24-21(25-4-2)19-13-11-18(12-14-19)20(23)10-6-5-8-17-9-7-15-22-16-17/h7,9,11-16,21H,3-6,8,10H2,1-2H3. The van der Waals surface area contributed by atoms with Gasteiger partial charge in [-0.25, -0.2) is 0 Å². The van der Waals surface area contributed by atoms with Gasteiger partial charge in [-0.15, -0.1) is 0 Å². The van der Waals surface area contributed by atoms with Crippen molar-refractivity contribution in [1.82, 2.24) is 4.98 Å². The zero-order chi connectivity index (χ0) is 17.9. The lowest BCUT2D eigenvalue weighted by molar-refractivity contribution is -0.140.